The average Bonchev–Trinajstić information content (AvgIpc) is 3.34. The second kappa shape index (κ2) is 9.71. The Morgan fingerprint density at radius 2 is 1.97 bits per heavy atom. The van der Waals surface area contributed by atoms with Gasteiger partial charge in [-0.2, -0.15) is 10.4 Å². The number of para-hydroxylation sites is 1. The topological polar surface area (TPSA) is 126 Å². The number of carbonyl (C=O) groups is 2. The lowest BCUT2D eigenvalue weighted by atomic mass is 10.1. The monoisotopic (exact) mass is 422 g/mol. The zero-order valence-corrected chi connectivity index (χ0v) is 17.3. The molecule has 2 aromatic heterocycles. The number of aryl methyl sites for hydroxylation is 1. The second-order valence-corrected chi connectivity index (χ2v) is 7.77. The lowest BCUT2D eigenvalue weighted by Gasteiger charge is -2.03. The van der Waals surface area contributed by atoms with Crippen molar-refractivity contribution in [2.24, 2.45) is 0 Å². The summed E-state index contributed by atoms with van der Waals surface area (Å²) in [6, 6.07) is 15.1. The van der Waals surface area contributed by atoms with Crippen LogP contribution in [0.1, 0.15) is 39.2 Å². The van der Waals surface area contributed by atoms with Gasteiger partial charge in [-0.05, 0) is 37.1 Å². The lowest BCUT2D eigenvalue weighted by molar-refractivity contribution is -0.119. The highest BCUT2D eigenvalue weighted by atomic mass is 32.1. The number of nitrogens with zero attached hydrogens (tertiary/aromatic N) is 3. The number of amides is 2. The Bertz CT molecular complexity index is 1080. The maximum absolute atomic E-state index is 12.3. The van der Waals surface area contributed by atoms with Crippen LogP contribution in [0.3, 0.4) is 0 Å². The summed E-state index contributed by atoms with van der Waals surface area (Å²) in [5.41, 5.74) is 7.87. The molecule has 0 unspecified atom stereocenters. The first-order valence-electron chi connectivity index (χ1n) is 9.44. The van der Waals surface area contributed by atoms with Gasteiger partial charge in [-0.25, -0.2) is 4.68 Å². The number of nitrogen functional groups attached to an aromatic ring is 1. The van der Waals surface area contributed by atoms with Crippen molar-refractivity contribution >= 4 is 29.0 Å². The van der Waals surface area contributed by atoms with Gasteiger partial charge in [-0.3, -0.25) is 9.59 Å². The highest BCUT2D eigenvalue weighted by Gasteiger charge is 2.16. The van der Waals surface area contributed by atoms with E-state index in [-0.39, 0.29) is 11.8 Å². The van der Waals surface area contributed by atoms with E-state index in [1.165, 1.54) is 18.3 Å². The zero-order valence-electron chi connectivity index (χ0n) is 16.5. The smallest absolute Gasteiger partial charge is 0.261 e. The van der Waals surface area contributed by atoms with Crippen molar-refractivity contribution in [2.75, 3.05) is 12.3 Å². The quantitative estimate of drug-likeness (QED) is 0.481. The molecule has 0 aliphatic heterocycles. The molecule has 3 rings (SSSR count). The van der Waals surface area contributed by atoms with E-state index in [4.69, 9.17) is 5.73 Å². The van der Waals surface area contributed by atoms with Crippen molar-refractivity contribution in [1.82, 2.24) is 20.4 Å². The molecule has 0 spiro atoms. The van der Waals surface area contributed by atoms with Crippen molar-refractivity contribution < 1.29 is 9.59 Å². The molecule has 0 aliphatic carbocycles. The highest BCUT2D eigenvalue weighted by Crippen LogP contribution is 2.21. The van der Waals surface area contributed by atoms with Crippen LogP contribution in [-0.4, -0.2) is 28.1 Å². The van der Waals surface area contributed by atoms with Crippen LogP contribution >= 0.6 is 11.3 Å². The Kier molecular flexibility index (Phi) is 6.83. The Hall–Kier alpha value is -3.64. The number of carbonyl (C=O) groups excluding carboxylic acids is 2. The van der Waals surface area contributed by atoms with E-state index < -0.39 is 0 Å². The molecule has 0 saturated carbocycles. The van der Waals surface area contributed by atoms with Gasteiger partial charge in [0.15, 0.2) is 0 Å². The zero-order chi connectivity index (χ0) is 21.5. The van der Waals surface area contributed by atoms with E-state index in [1.807, 2.05) is 36.4 Å². The minimum atomic E-state index is -0.163. The summed E-state index contributed by atoms with van der Waals surface area (Å²) in [6.07, 6.45) is 1.14. The van der Waals surface area contributed by atoms with E-state index in [0.717, 1.165) is 10.6 Å². The predicted molar refractivity (Wildman–Crippen MR) is 115 cm³/mol. The first-order valence-corrected chi connectivity index (χ1v) is 10.3. The Morgan fingerprint density at radius 1 is 1.20 bits per heavy atom. The third-order valence-corrected chi connectivity index (χ3v) is 5.46. The van der Waals surface area contributed by atoms with Gasteiger partial charge in [-0.15, -0.1) is 11.3 Å². The minimum Gasteiger partial charge on any atom is -0.382 e. The third kappa shape index (κ3) is 5.04. The van der Waals surface area contributed by atoms with Gasteiger partial charge >= 0.3 is 0 Å². The minimum absolute atomic E-state index is 0.110. The first-order chi connectivity index (χ1) is 14.5. The van der Waals surface area contributed by atoms with Crippen LogP contribution in [0.2, 0.25) is 0 Å². The lowest BCUT2D eigenvalue weighted by Crippen LogP contribution is -2.24. The molecule has 0 saturated heterocycles. The van der Waals surface area contributed by atoms with E-state index in [2.05, 4.69) is 21.8 Å². The van der Waals surface area contributed by atoms with Crippen LogP contribution in [-0.2, 0) is 17.8 Å². The number of benzene rings is 1. The van der Waals surface area contributed by atoms with Gasteiger partial charge in [0.2, 0.25) is 5.91 Å². The molecular weight excluding hydrogens is 400 g/mol. The van der Waals surface area contributed by atoms with Crippen molar-refractivity contribution in [3.63, 3.8) is 0 Å². The molecule has 2 amide bonds. The first kappa shape index (κ1) is 21.1. The molecule has 0 fully saturated rings. The van der Waals surface area contributed by atoms with Crippen LogP contribution in [0.15, 0.2) is 42.5 Å². The van der Waals surface area contributed by atoms with Crippen LogP contribution in [0.25, 0.3) is 5.69 Å². The van der Waals surface area contributed by atoms with E-state index in [0.29, 0.717) is 47.9 Å². The van der Waals surface area contributed by atoms with Gasteiger partial charge in [-0.1, -0.05) is 18.2 Å². The summed E-state index contributed by atoms with van der Waals surface area (Å²) in [4.78, 5) is 24.8. The molecule has 0 bridgehead atoms. The number of nitrogens with one attached hydrogen (secondary N) is 2. The largest absolute Gasteiger partial charge is 0.382 e. The molecule has 2 heterocycles. The Balaban J connectivity index is 1.55. The number of anilines is 1. The van der Waals surface area contributed by atoms with Crippen LogP contribution < -0.4 is 16.4 Å². The molecule has 154 valence electrons. The number of nitrogens with two attached hydrogens (primary N) is 1. The Morgan fingerprint density at radius 3 is 2.67 bits per heavy atom. The van der Waals surface area contributed by atoms with Crippen molar-refractivity contribution in [3.8, 4) is 11.8 Å². The van der Waals surface area contributed by atoms with Crippen molar-refractivity contribution in [2.45, 2.75) is 26.3 Å². The van der Waals surface area contributed by atoms with Crippen molar-refractivity contribution in [3.05, 3.63) is 63.5 Å². The fourth-order valence-corrected chi connectivity index (χ4v) is 3.76. The molecule has 0 atom stereocenters. The standard InChI is InChI=1S/C21H22N6O2S/c1-14(28)25-13-16-9-10-19(30-16)21(29)24-11-5-8-18-17(12-22)20(23)27(26-18)15-6-3-2-4-7-15/h2-4,6-7,9-10H,5,8,11,13,23H2,1H3,(H,24,29)(H,25,28). The molecule has 3 aromatic rings. The van der Waals surface area contributed by atoms with Gasteiger partial charge in [0.05, 0.1) is 22.8 Å². The fraction of sp³-hybridized carbons (Fsp3) is 0.238. The summed E-state index contributed by atoms with van der Waals surface area (Å²) >= 11 is 1.34. The highest BCUT2D eigenvalue weighted by molar-refractivity contribution is 7.14. The average molecular weight is 423 g/mol. The van der Waals surface area contributed by atoms with Gasteiger partial charge in [0.25, 0.3) is 5.91 Å². The van der Waals surface area contributed by atoms with E-state index in [1.54, 1.807) is 10.7 Å². The summed E-state index contributed by atoms with van der Waals surface area (Å²) in [5, 5.41) is 19.5. The van der Waals surface area contributed by atoms with E-state index >= 15 is 0 Å². The summed E-state index contributed by atoms with van der Waals surface area (Å²) < 4.78 is 1.56. The number of rotatable bonds is 8. The van der Waals surface area contributed by atoms with Gasteiger partial charge < -0.3 is 16.4 Å². The molecule has 9 heteroatoms. The number of hydrogen-bond acceptors (Lipinski definition) is 6. The molecule has 30 heavy (non-hydrogen) atoms. The number of aromatic nitrogens is 2. The molecule has 4 N–H and O–H groups in total. The van der Waals surface area contributed by atoms with Crippen molar-refractivity contribution in [1.29, 1.82) is 5.26 Å². The van der Waals surface area contributed by atoms with Crippen LogP contribution in [0.4, 0.5) is 5.82 Å². The SMILES string of the molecule is CC(=O)NCc1ccc(C(=O)NCCCc2nn(-c3ccccc3)c(N)c2C#N)s1. The maximum atomic E-state index is 12.3. The molecule has 8 nitrogen and oxygen atoms in total. The van der Waals surface area contributed by atoms with Crippen LogP contribution in [0, 0.1) is 11.3 Å². The molecular formula is C21H22N6O2S. The predicted octanol–water partition coefficient (Wildman–Crippen LogP) is 2.39. The maximum Gasteiger partial charge on any atom is 0.261 e. The summed E-state index contributed by atoms with van der Waals surface area (Å²) in [5.74, 6) is 0.0402. The molecule has 0 radical (unpaired) electrons. The van der Waals surface area contributed by atoms with Gasteiger partial charge in [0, 0.05) is 18.3 Å². The van der Waals surface area contributed by atoms with Crippen LogP contribution in [0.5, 0.6) is 0 Å². The fourth-order valence-electron chi connectivity index (χ4n) is 2.89. The van der Waals surface area contributed by atoms with E-state index in [9.17, 15) is 14.9 Å². The number of nitriles is 1. The normalized spacial score (nSPS) is 10.4. The van der Waals surface area contributed by atoms with Gasteiger partial charge in [0.1, 0.15) is 17.5 Å². The number of hydrogen-bond donors (Lipinski definition) is 3. The molecule has 1 aromatic carbocycles. The number of thiophene rings is 1. The summed E-state index contributed by atoms with van der Waals surface area (Å²) in [6.45, 7) is 2.31. The molecule has 0 aliphatic rings. The third-order valence-electron chi connectivity index (χ3n) is 4.38. The Labute approximate surface area is 178 Å². The summed E-state index contributed by atoms with van der Waals surface area (Å²) in [7, 11) is 0. The second-order valence-electron chi connectivity index (χ2n) is 6.60.